The molecule has 1 fully saturated rings. The summed E-state index contributed by atoms with van der Waals surface area (Å²) in [5.74, 6) is -3.01. The highest BCUT2D eigenvalue weighted by Gasteiger charge is 2.49. The summed E-state index contributed by atoms with van der Waals surface area (Å²) in [4.78, 5) is 25.7. The summed E-state index contributed by atoms with van der Waals surface area (Å²) < 4.78 is 25.9. The third-order valence-electron chi connectivity index (χ3n) is 3.71. The smallest absolute Gasteiger partial charge is 0.228 e. The second kappa shape index (κ2) is 6.20. The Bertz CT molecular complexity index is 559. The average Bonchev–Trinajstić information content (AvgIpc) is 3.24. The molecule has 0 spiro atoms. The van der Waals surface area contributed by atoms with Crippen molar-refractivity contribution in [3.8, 4) is 0 Å². The fraction of sp³-hybridized carbons (Fsp3) is 0.467. The van der Waals surface area contributed by atoms with Gasteiger partial charge in [-0.05, 0) is 32.4 Å². The van der Waals surface area contributed by atoms with Crippen LogP contribution in [0, 0.1) is 23.5 Å². The lowest BCUT2D eigenvalue weighted by Crippen LogP contribution is -2.33. The molecule has 1 aliphatic carbocycles. The number of carbonyl (C=O) groups excluding carboxylic acids is 2. The predicted octanol–water partition coefficient (Wildman–Crippen LogP) is 2.41. The normalized spacial score (nSPS) is 20.0. The molecular formula is C15H18F2N2O2. The molecule has 0 bridgehead atoms. The second-order valence-electron chi connectivity index (χ2n) is 5.08. The van der Waals surface area contributed by atoms with E-state index in [4.69, 9.17) is 0 Å². The van der Waals surface area contributed by atoms with E-state index in [1.165, 1.54) is 6.07 Å². The molecule has 1 aromatic carbocycles. The van der Waals surface area contributed by atoms with E-state index in [2.05, 4.69) is 5.32 Å². The Morgan fingerprint density at radius 1 is 1.19 bits per heavy atom. The van der Waals surface area contributed by atoms with Crippen LogP contribution in [-0.2, 0) is 9.59 Å². The quantitative estimate of drug-likeness (QED) is 0.907. The molecule has 2 amide bonds. The summed E-state index contributed by atoms with van der Waals surface area (Å²) in [5.41, 5.74) is 0.194. The van der Waals surface area contributed by atoms with E-state index in [0.29, 0.717) is 19.5 Å². The van der Waals surface area contributed by atoms with Crippen molar-refractivity contribution in [1.29, 1.82) is 0 Å². The number of halogens is 2. The van der Waals surface area contributed by atoms with Crippen LogP contribution < -0.4 is 5.32 Å². The topological polar surface area (TPSA) is 49.4 Å². The molecule has 1 aromatic rings. The van der Waals surface area contributed by atoms with E-state index in [9.17, 15) is 18.4 Å². The molecule has 0 saturated heterocycles. The number of hydrogen-bond acceptors (Lipinski definition) is 2. The van der Waals surface area contributed by atoms with E-state index in [1.54, 1.807) is 4.90 Å². The van der Waals surface area contributed by atoms with Crippen molar-refractivity contribution in [2.75, 3.05) is 18.4 Å². The zero-order chi connectivity index (χ0) is 15.6. The van der Waals surface area contributed by atoms with Gasteiger partial charge in [-0.25, -0.2) is 8.78 Å². The Morgan fingerprint density at radius 3 is 2.43 bits per heavy atom. The molecule has 1 aliphatic rings. The molecular weight excluding hydrogens is 278 g/mol. The molecule has 2 unspecified atom stereocenters. The van der Waals surface area contributed by atoms with Crippen LogP contribution in [0.5, 0.6) is 0 Å². The van der Waals surface area contributed by atoms with Crippen LogP contribution in [0.2, 0.25) is 0 Å². The van der Waals surface area contributed by atoms with Gasteiger partial charge in [0.15, 0.2) is 11.6 Å². The molecule has 1 saturated carbocycles. The Kier molecular flexibility index (Phi) is 4.55. The number of nitrogens with one attached hydrogen (secondary N) is 1. The highest BCUT2D eigenvalue weighted by atomic mass is 19.2. The number of rotatable bonds is 5. The maximum atomic E-state index is 13.1. The summed E-state index contributed by atoms with van der Waals surface area (Å²) in [5, 5.41) is 2.52. The lowest BCUT2D eigenvalue weighted by molar-refractivity contribution is -0.133. The molecule has 21 heavy (non-hydrogen) atoms. The maximum absolute atomic E-state index is 13.1. The SMILES string of the molecule is CCN(CC)C(=O)C1CC1C(=O)Nc1ccc(F)c(F)c1. The average molecular weight is 296 g/mol. The van der Waals surface area contributed by atoms with E-state index in [-0.39, 0.29) is 29.3 Å². The zero-order valence-corrected chi connectivity index (χ0v) is 12.0. The van der Waals surface area contributed by atoms with E-state index in [1.807, 2.05) is 13.8 Å². The minimum absolute atomic E-state index is 0.0227. The van der Waals surface area contributed by atoms with Gasteiger partial charge in [-0.1, -0.05) is 0 Å². The molecule has 114 valence electrons. The number of hydrogen-bond donors (Lipinski definition) is 1. The molecule has 0 heterocycles. The van der Waals surface area contributed by atoms with Crippen molar-refractivity contribution in [1.82, 2.24) is 4.90 Å². The van der Waals surface area contributed by atoms with Crippen LogP contribution in [0.1, 0.15) is 20.3 Å². The van der Waals surface area contributed by atoms with Gasteiger partial charge in [-0.15, -0.1) is 0 Å². The van der Waals surface area contributed by atoms with Gasteiger partial charge < -0.3 is 10.2 Å². The summed E-state index contributed by atoms with van der Waals surface area (Å²) in [6, 6.07) is 3.17. The number of benzene rings is 1. The largest absolute Gasteiger partial charge is 0.343 e. The van der Waals surface area contributed by atoms with Crippen LogP contribution in [-0.4, -0.2) is 29.8 Å². The van der Waals surface area contributed by atoms with Crippen LogP contribution in [0.15, 0.2) is 18.2 Å². The molecule has 6 heteroatoms. The second-order valence-corrected chi connectivity index (χ2v) is 5.08. The molecule has 0 aliphatic heterocycles. The third kappa shape index (κ3) is 3.37. The molecule has 0 aromatic heterocycles. The number of nitrogens with zero attached hydrogens (tertiary/aromatic N) is 1. The Hall–Kier alpha value is -1.98. The Morgan fingerprint density at radius 2 is 1.86 bits per heavy atom. The maximum Gasteiger partial charge on any atom is 0.228 e. The van der Waals surface area contributed by atoms with Crippen molar-refractivity contribution in [2.24, 2.45) is 11.8 Å². The van der Waals surface area contributed by atoms with Gasteiger partial charge in [-0.2, -0.15) is 0 Å². The molecule has 2 rings (SSSR count). The summed E-state index contributed by atoms with van der Waals surface area (Å²) in [7, 11) is 0. The third-order valence-corrected chi connectivity index (χ3v) is 3.71. The zero-order valence-electron chi connectivity index (χ0n) is 12.0. The minimum atomic E-state index is -1.01. The minimum Gasteiger partial charge on any atom is -0.343 e. The summed E-state index contributed by atoms with van der Waals surface area (Å²) in [6.45, 7) is 5.01. The van der Waals surface area contributed by atoms with Crippen molar-refractivity contribution in [2.45, 2.75) is 20.3 Å². The standard InChI is InChI=1S/C15H18F2N2O2/c1-3-19(4-2)15(21)11-8-10(11)14(20)18-9-5-6-12(16)13(17)7-9/h5-7,10-11H,3-4,8H2,1-2H3,(H,18,20). The fourth-order valence-corrected chi connectivity index (χ4v) is 2.34. The van der Waals surface area contributed by atoms with Crippen LogP contribution >= 0.6 is 0 Å². The van der Waals surface area contributed by atoms with Crippen molar-refractivity contribution in [3.63, 3.8) is 0 Å². The van der Waals surface area contributed by atoms with Crippen molar-refractivity contribution < 1.29 is 18.4 Å². The van der Waals surface area contributed by atoms with E-state index >= 15 is 0 Å². The van der Waals surface area contributed by atoms with Gasteiger partial charge in [-0.3, -0.25) is 9.59 Å². The Labute approximate surface area is 122 Å². The van der Waals surface area contributed by atoms with Gasteiger partial charge in [0.1, 0.15) is 0 Å². The molecule has 1 N–H and O–H groups in total. The highest BCUT2D eigenvalue weighted by molar-refractivity contribution is 5.99. The summed E-state index contributed by atoms with van der Waals surface area (Å²) >= 11 is 0. The lowest BCUT2D eigenvalue weighted by Gasteiger charge is -2.18. The van der Waals surface area contributed by atoms with E-state index < -0.39 is 11.6 Å². The molecule has 2 atom stereocenters. The van der Waals surface area contributed by atoms with Gasteiger partial charge in [0.25, 0.3) is 0 Å². The van der Waals surface area contributed by atoms with Crippen LogP contribution in [0.4, 0.5) is 14.5 Å². The van der Waals surface area contributed by atoms with Crippen molar-refractivity contribution in [3.05, 3.63) is 29.8 Å². The first-order valence-electron chi connectivity index (χ1n) is 7.02. The van der Waals surface area contributed by atoms with E-state index in [0.717, 1.165) is 12.1 Å². The fourth-order valence-electron chi connectivity index (χ4n) is 2.34. The monoisotopic (exact) mass is 296 g/mol. The molecule has 4 nitrogen and oxygen atoms in total. The van der Waals surface area contributed by atoms with Gasteiger partial charge in [0.05, 0.1) is 11.8 Å². The first-order chi connectivity index (χ1) is 9.97. The lowest BCUT2D eigenvalue weighted by atomic mass is 10.2. The first-order valence-corrected chi connectivity index (χ1v) is 7.02. The van der Waals surface area contributed by atoms with Gasteiger partial charge in [0.2, 0.25) is 11.8 Å². The van der Waals surface area contributed by atoms with Crippen LogP contribution in [0.25, 0.3) is 0 Å². The molecule has 0 radical (unpaired) electrons. The van der Waals surface area contributed by atoms with Crippen molar-refractivity contribution >= 4 is 17.5 Å². The van der Waals surface area contributed by atoms with Crippen LogP contribution in [0.3, 0.4) is 0 Å². The Balaban J connectivity index is 1.94. The number of carbonyl (C=O) groups is 2. The van der Waals surface area contributed by atoms with Gasteiger partial charge in [0, 0.05) is 24.8 Å². The number of amides is 2. The van der Waals surface area contributed by atoms with Gasteiger partial charge >= 0.3 is 0 Å². The summed E-state index contributed by atoms with van der Waals surface area (Å²) in [6.07, 6.45) is 0.505. The first kappa shape index (κ1) is 15.4. The number of anilines is 1. The predicted molar refractivity (Wildman–Crippen MR) is 74.5 cm³/mol. The highest BCUT2D eigenvalue weighted by Crippen LogP contribution is 2.40.